The number of rotatable bonds is 3. The van der Waals surface area contributed by atoms with Gasteiger partial charge in [0.05, 0.1) is 24.5 Å². The van der Waals surface area contributed by atoms with Crippen LogP contribution in [0.5, 0.6) is 0 Å². The third-order valence-electron chi connectivity index (χ3n) is 3.21. The fourth-order valence-corrected chi connectivity index (χ4v) is 2.53. The van der Waals surface area contributed by atoms with Gasteiger partial charge in [0.1, 0.15) is 0 Å². The van der Waals surface area contributed by atoms with Crippen molar-refractivity contribution >= 4 is 18.5 Å². The third-order valence-corrected chi connectivity index (χ3v) is 3.61. The number of benzene rings is 1. The Hall–Kier alpha value is -1.00. The average molecular weight is 265 g/mol. The van der Waals surface area contributed by atoms with Crippen molar-refractivity contribution in [1.29, 1.82) is 0 Å². The molecule has 98 valence electrons. The Bertz CT molecular complexity index is 396. The maximum Gasteiger partial charge on any atom is 0.236 e. The number of amides is 1. The predicted octanol–water partition coefficient (Wildman–Crippen LogP) is 1.77. The van der Waals surface area contributed by atoms with Crippen molar-refractivity contribution in [2.24, 2.45) is 0 Å². The van der Waals surface area contributed by atoms with Gasteiger partial charge in [-0.15, -0.1) is 0 Å². The van der Waals surface area contributed by atoms with Crippen LogP contribution in [0.1, 0.15) is 12.5 Å². The van der Waals surface area contributed by atoms with Gasteiger partial charge < -0.3 is 9.64 Å². The lowest BCUT2D eigenvalue weighted by atomic mass is 10.1. The fourth-order valence-electron chi connectivity index (χ4n) is 2.17. The molecule has 4 heteroatoms. The second kappa shape index (κ2) is 6.25. The molecule has 0 bridgehead atoms. The highest BCUT2D eigenvalue weighted by molar-refractivity contribution is 7.81. The molecule has 1 saturated heterocycles. The minimum absolute atomic E-state index is 0.109. The second-order valence-electron chi connectivity index (χ2n) is 4.66. The Kier molecular flexibility index (Phi) is 4.66. The van der Waals surface area contributed by atoms with Crippen molar-refractivity contribution in [2.75, 3.05) is 19.8 Å². The molecule has 1 aliphatic heterocycles. The van der Waals surface area contributed by atoms with E-state index >= 15 is 0 Å². The van der Waals surface area contributed by atoms with Crippen LogP contribution in [-0.2, 0) is 16.0 Å². The van der Waals surface area contributed by atoms with Crippen molar-refractivity contribution in [3.8, 4) is 0 Å². The molecular weight excluding hydrogens is 246 g/mol. The Morgan fingerprint density at radius 1 is 1.50 bits per heavy atom. The van der Waals surface area contributed by atoms with Crippen LogP contribution in [-0.4, -0.2) is 41.9 Å². The van der Waals surface area contributed by atoms with E-state index in [1.807, 2.05) is 42.2 Å². The summed E-state index contributed by atoms with van der Waals surface area (Å²) in [4.78, 5) is 14.2. The monoisotopic (exact) mass is 265 g/mol. The topological polar surface area (TPSA) is 29.5 Å². The molecule has 1 heterocycles. The molecule has 1 fully saturated rings. The lowest BCUT2D eigenvalue weighted by molar-refractivity contribution is -0.138. The molecule has 1 aromatic carbocycles. The summed E-state index contributed by atoms with van der Waals surface area (Å²) in [6, 6.07) is 10.1. The van der Waals surface area contributed by atoms with E-state index in [4.69, 9.17) is 4.74 Å². The molecule has 3 nitrogen and oxygen atoms in total. The van der Waals surface area contributed by atoms with Gasteiger partial charge in [0, 0.05) is 6.54 Å². The number of carbonyl (C=O) groups excluding carboxylic acids is 1. The van der Waals surface area contributed by atoms with Gasteiger partial charge in [-0.3, -0.25) is 4.79 Å². The van der Waals surface area contributed by atoms with Gasteiger partial charge >= 0.3 is 0 Å². The minimum Gasteiger partial charge on any atom is -0.377 e. The fraction of sp³-hybridized carbons (Fsp3) is 0.500. The predicted molar refractivity (Wildman–Crippen MR) is 74.9 cm³/mol. The first kappa shape index (κ1) is 13.4. The van der Waals surface area contributed by atoms with Gasteiger partial charge in [-0.2, -0.15) is 12.6 Å². The minimum atomic E-state index is -0.270. The molecule has 2 atom stereocenters. The molecule has 1 aromatic rings. The Labute approximate surface area is 114 Å². The second-order valence-corrected chi connectivity index (χ2v) is 5.28. The van der Waals surface area contributed by atoms with Crippen LogP contribution < -0.4 is 0 Å². The van der Waals surface area contributed by atoms with Crippen molar-refractivity contribution < 1.29 is 9.53 Å². The molecule has 0 saturated carbocycles. The zero-order valence-electron chi connectivity index (χ0n) is 10.6. The molecular formula is C14H19NO2S. The Balaban J connectivity index is 1.96. The van der Waals surface area contributed by atoms with Crippen LogP contribution in [0.25, 0.3) is 0 Å². The van der Waals surface area contributed by atoms with Gasteiger partial charge in [0.25, 0.3) is 0 Å². The molecule has 1 aliphatic rings. The molecule has 18 heavy (non-hydrogen) atoms. The summed E-state index contributed by atoms with van der Waals surface area (Å²) in [6.07, 6.45) is 0.673. The quantitative estimate of drug-likeness (QED) is 0.844. The number of hydrogen-bond acceptors (Lipinski definition) is 3. The normalized spacial score (nSPS) is 21.7. The van der Waals surface area contributed by atoms with Crippen molar-refractivity contribution in [3.63, 3.8) is 0 Å². The number of nitrogens with zero attached hydrogens (tertiary/aromatic N) is 1. The molecule has 0 radical (unpaired) electrons. The number of ether oxygens (including phenoxy) is 1. The standard InChI is InChI=1S/C14H19NO2S/c1-11-10-17-8-7-15(11)14(16)13(18)9-12-5-3-2-4-6-12/h2-6,11,13,18H,7-10H2,1H3. The number of carbonyl (C=O) groups is 1. The van der Waals surface area contributed by atoms with Crippen LogP contribution >= 0.6 is 12.6 Å². The SMILES string of the molecule is CC1COCCN1C(=O)C(S)Cc1ccccc1. The largest absolute Gasteiger partial charge is 0.377 e. The van der Waals surface area contributed by atoms with Gasteiger partial charge in [-0.25, -0.2) is 0 Å². The molecule has 0 spiro atoms. The van der Waals surface area contributed by atoms with E-state index in [2.05, 4.69) is 12.6 Å². The highest BCUT2D eigenvalue weighted by atomic mass is 32.1. The Morgan fingerprint density at radius 2 is 2.22 bits per heavy atom. The van der Waals surface area contributed by atoms with Gasteiger partial charge in [0.15, 0.2) is 0 Å². The Morgan fingerprint density at radius 3 is 2.89 bits per heavy atom. The summed E-state index contributed by atoms with van der Waals surface area (Å²) in [7, 11) is 0. The molecule has 1 amide bonds. The van der Waals surface area contributed by atoms with E-state index in [0.717, 1.165) is 5.56 Å². The highest BCUT2D eigenvalue weighted by Crippen LogP contribution is 2.14. The van der Waals surface area contributed by atoms with E-state index in [-0.39, 0.29) is 17.2 Å². The lowest BCUT2D eigenvalue weighted by Crippen LogP contribution is -2.50. The first-order valence-electron chi connectivity index (χ1n) is 6.28. The van der Waals surface area contributed by atoms with E-state index in [1.165, 1.54) is 0 Å². The van der Waals surface area contributed by atoms with E-state index in [0.29, 0.717) is 26.2 Å². The molecule has 0 N–H and O–H groups in total. The van der Waals surface area contributed by atoms with Crippen LogP contribution in [0.3, 0.4) is 0 Å². The molecule has 0 aliphatic carbocycles. The molecule has 0 aromatic heterocycles. The van der Waals surface area contributed by atoms with Crippen LogP contribution in [0.2, 0.25) is 0 Å². The van der Waals surface area contributed by atoms with Crippen LogP contribution in [0, 0.1) is 0 Å². The summed E-state index contributed by atoms with van der Waals surface area (Å²) >= 11 is 4.46. The maximum absolute atomic E-state index is 12.3. The number of hydrogen-bond donors (Lipinski definition) is 1. The lowest BCUT2D eigenvalue weighted by Gasteiger charge is -2.34. The number of thiol groups is 1. The first-order valence-corrected chi connectivity index (χ1v) is 6.80. The van der Waals surface area contributed by atoms with Gasteiger partial charge in [-0.05, 0) is 18.9 Å². The summed E-state index contributed by atoms with van der Waals surface area (Å²) in [5.74, 6) is 0.109. The van der Waals surface area contributed by atoms with E-state index in [9.17, 15) is 4.79 Å². The summed E-state index contributed by atoms with van der Waals surface area (Å²) in [6.45, 7) is 3.94. The third kappa shape index (κ3) is 3.27. The first-order chi connectivity index (χ1) is 8.68. The summed E-state index contributed by atoms with van der Waals surface area (Å²) < 4.78 is 5.34. The summed E-state index contributed by atoms with van der Waals surface area (Å²) in [5, 5.41) is -0.270. The smallest absolute Gasteiger partial charge is 0.236 e. The van der Waals surface area contributed by atoms with Gasteiger partial charge in [0.2, 0.25) is 5.91 Å². The zero-order chi connectivity index (χ0) is 13.0. The van der Waals surface area contributed by atoms with Crippen molar-refractivity contribution in [3.05, 3.63) is 35.9 Å². The van der Waals surface area contributed by atoms with Crippen LogP contribution in [0.4, 0.5) is 0 Å². The van der Waals surface area contributed by atoms with E-state index in [1.54, 1.807) is 0 Å². The molecule has 2 rings (SSSR count). The summed E-state index contributed by atoms with van der Waals surface area (Å²) in [5.41, 5.74) is 1.15. The van der Waals surface area contributed by atoms with Crippen LogP contribution in [0.15, 0.2) is 30.3 Å². The number of morpholine rings is 1. The van der Waals surface area contributed by atoms with Gasteiger partial charge in [-0.1, -0.05) is 30.3 Å². The highest BCUT2D eigenvalue weighted by Gasteiger charge is 2.27. The van der Waals surface area contributed by atoms with Crippen molar-refractivity contribution in [1.82, 2.24) is 4.90 Å². The maximum atomic E-state index is 12.3. The zero-order valence-corrected chi connectivity index (χ0v) is 11.5. The van der Waals surface area contributed by atoms with E-state index < -0.39 is 0 Å². The average Bonchev–Trinajstić information content (AvgIpc) is 2.39. The molecule has 2 unspecified atom stereocenters. The van der Waals surface area contributed by atoms with Crippen molar-refractivity contribution in [2.45, 2.75) is 24.6 Å².